The van der Waals surface area contributed by atoms with Gasteiger partial charge in [0.1, 0.15) is 4.88 Å². The fourth-order valence-corrected chi connectivity index (χ4v) is 2.56. The largest absolute Gasteiger partial charge is 0.465 e. The Kier molecular flexibility index (Phi) is 4.29. The van der Waals surface area contributed by atoms with Gasteiger partial charge < -0.3 is 10.1 Å². The number of hydrogen-bond donors (Lipinski definition) is 1. The van der Waals surface area contributed by atoms with Crippen molar-refractivity contribution < 1.29 is 9.53 Å². The van der Waals surface area contributed by atoms with Gasteiger partial charge in [0.15, 0.2) is 5.13 Å². The number of nitrogens with zero attached hydrogens (tertiary/aromatic N) is 1. The molecule has 1 heterocycles. The standard InChI is InChI=1S/C12H10Cl2N2O2S/c1-6-3-8(14)9(4-7(6)13)16-12-15-5-10(19-12)11(17)18-2/h3-5H,1-2H3,(H,15,16). The first-order valence-corrected chi connectivity index (χ1v) is 6.85. The van der Waals surface area contributed by atoms with Crippen LogP contribution in [-0.2, 0) is 4.74 Å². The number of nitrogens with one attached hydrogen (secondary N) is 1. The Morgan fingerprint density at radius 1 is 1.37 bits per heavy atom. The molecule has 0 aliphatic heterocycles. The highest BCUT2D eigenvalue weighted by Crippen LogP contribution is 2.32. The first-order chi connectivity index (χ1) is 9.01. The molecule has 0 radical (unpaired) electrons. The zero-order valence-electron chi connectivity index (χ0n) is 10.2. The number of esters is 1. The summed E-state index contributed by atoms with van der Waals surface area (Å²) >= 11 is 13.3. The second kappa shape index (κ2) is 5.77. The smallest absolute Gasteiger partial charge is 0.349 e. The minimum absolute atomic E-state index is 0.416. The number of ether oxygens (including phenoxy) is 1. The maximum atomic E-state index is 11.3. The number of halogens is 2. The topological polar surface area (TPSA) is 51.2 Å². The van der Waals surface area contributed by atoms with Crippen LogP contribution < -0.4 is 5.32 Å². The molecule has 1 aromatic carbocycles. The lowest BCUT2D eigenvalue weighted by Crippen LogP contribution is -1.96. The van der Waals surface area contributed by atoms with Crippen LogP contribution in [0.5, 0.6) is 0 Å². The average Bonchev–Trinajstić information content (AvgIpc) is 2.83. The molecule has 0 amide bonds. The molecule has 0 saturated heterocycles. The van der Waals surface area contributed by atoms with E-state index in [0.717, 1.165) is 5.56 Å². The molecule has 0 bridgehead atoms. The normalized spacial score (nSPS) is 10.3. The first kappa shape index (κ1) is 14.1. The van der Waals surface area contributed by atoms with Gasteiger partial charge in [-0.3, -0.25) is 0 Å². The van der Waals surface area contributed by atoms with E-state index in [0.29, 0.717) is 25.7 Å². The van der Waals surface area contributed by atoms with Crippen LogP contribution >= 0.6 is 34.5 Å². The van der Waals surface area contributed by atoms with Gasteiger partial charge in [0.25, 0.3) is 0 Å². The van der Waals surface area contributed by atoms with Crippen molar-refractivity contribution in [3.63, 3.8) is 0 Å². The molecule has 7 heteroatoms. The molecule has 1 aromatic heterocycles. The number of benzene rings is 1. The number of aryl methyl sites for hydroxylation is 1. The van der Waals surface area contributed by atoms with E-state index in [1.807, 2.05) is 6.92 Å². The van der Waals surface area contributed by atoms with E-state index in [1.165, 1.54) is 24.6 Å². The van der Waals surface area contributed by atoms with Gasteiger partial charge in [-0.15, -0.1) is 0 Å². The van der Waals surface area contributed by atoms with Crippen molar-refractivity contribution in [3.05, 3.63) is 38.8 Å². The highest BCUT2D eigenvalue weighted by molar-refractivity contribution is 7.17. The minimum Gasteiger partial charge on any atom is -0.465 e. The van der Waals surface area contributed by atoms with Gasteiger partial charge in [-0.2, -0.15) is 0 Å². The van der Waals surface area contributed by atoms with Crippen molar-refractivity contribution >= 4 is 51.3 Å². The zero-order chi connectivity index (χ0) is 14.0. The van der Waals surface area contributed by atoms with Crippen LogP contribution in [0.4, 0.5) is 10.8 Å². The van der Waals surface area contributed by atoms with Crippen molar-refractivity contribution in [3.8, 4) is 0 Å². The molecule has 1 N–H and O–H groups in total. The van der Waals surface area contributed by atoms with Crippen LogP contribution in [-0.4, -0.2) is 18.1 Å². The fraction of sp³-hybridized carbons (Fsp3) is 0.167. The van der Waals surface area contributed by atoms with Crippen LogP contribution in [0.3, 0.4) is 0 Å². The second-order valence-corrected chi connectivity index (χ2v) is 5.57. The summed E-state index contributed by atoms with van der Waals surface area (Å²) in [5.74, 6) is -0.418. The summed E-state index contributed by atoms with van der Waals surface area (Å²) in [7, 11) is 1.33. The third-order valence-corrected chi connectivity index (χ3v) is 3.99. The number of carbonyl (C=O) groups excluding carboxylic acids is 1. The van der Waals surface area contributed by atoms with E-state index in [1.54, 1.807) is 12.1 Å². The molecule has 0 aliphatic carbocycles. The van der Waals surface area contributed by atoms with E-state index in [9.17, 15) is 4.79 Å². The molecule has 4 nitrogen and oxygen atoms in total. The van der Waals surface area contributed by atoms with Gasteiger partial charge >= 0.3 is 5.97 Å². The second-order valence-electron chi connectivity index (χ2n) is 3.73. The number of carbonyl (C=O) groups is 1. The maximum absolute atomic E-state index is 11.3. The van der Waals surface area contributed by atoms with Crippen LogP contribution in [0.25, 0.3) is 0 Å². The number of anilines is 2. The van der Waals surface area contributed by atoms with Gasteiger partial charge in [0.05, 0.1) is 24.0 Å². The Hall–Kier alpha value is -1.30. The summed E-state index contributed by atoms with van der Waals surface area (Å²) in [4.78, 5) is 15.8. The molecule has 2 rings (SSSR count). The number of methoxy groups -OCH3 is 1. The molecule has 2 aromatic rings. The maximum Gasteiger partial charge on any atom is 0.349 e. The third-order valence-electron chi connectivity index (χ3n) is 2.38. The number of rotatable bonds is 3. The molecule has 0 aliphatic rings. The lowest BCUT2D eigenvalue weighted by atomic mass is 10.2. The Bertz CT molecular complexity index is 628. The van der Waals surface area contributed by atoms with Crippen molar-refractivity contribution in [1.82, 2.24) is 4.98 Å². The monoisotopic (exact) mass is 316 g/mol. The summed E-state index contributed by atoms with van der Waals surface area (Å²) in [6.07, 6.45) is 1.45. The lowest BCUT2D eigenvalue weighted by molar-refractivity contribution is 0.0606. The molecule has 0 unspecified atom stereocenters. The van der Waals surface area contributed by atoms with Gasteiger partial charge in [-0.25, -0.2) is 9.78 Å². The zero-order valence-corrected chi connectivity index (χ0v) is 12.5. The molecular formula is C12H10Cl2N2O2S. The number of hydrogen-bond acceptors (Lipinski definition) is 5. The highest BCUT2D eigenvalue weighted by atomic mass is 35.5. The Labute approximate surface area is 124 Å². The van der Waals surface area contributed by atoms with E-state index in [-0.39, 0.29) is 0 Å². The van der Waals surface area contributed by atoms with E-state index >= 15 is 0 Å². The Morgan fingerprint density at radius 3 is 2.79 bits per heavy atom. The summed E-state index contributed by atoms with van der Waals surface area (Å²) in [6, 6.07) is 3.49. The lowest BCUT2D eigenvalue weighted by Gasteiger charge is -2.07. The summed E-state index contributed by atoms with van der Waals surface area (Å²) in [6.45, 7) is 1.87. The SMILES string of the molecule is COC(=O)c1cnc(Nc2cc(Cl)c(C)cc2Cl)s1. The predicted octanol–water partition coefficient (Wildman–Crippen LogP) is 4.29. The van der Waals surface area contributed by atoms with Gasteiger partial charge in [0, 0.05) is 5.02 Å². The van der Waals surface area contributed by atoms with E-state index < -0.39 is 5.97 Å². The molecule has 100 valence electrons. The van der Waals surface area contributed by atoms with E-state index in [2.05, 4.69) is 15.0 Å². The number of thiazole rings is 1. The van der Waals surface area contributed by atoms with Crippen LogP contribution in [0.2, 0.25) is 10.0 Å². The average molecular weight is 317 g/mol. The molecule has 0 saturated carbocycles. The molecule has 0 spiro atoms. The van der Waals surface area contributed by atoms with Crippen molar-refractivity contribution in [2.75, 3.05) is 12.4 Å². The van der Waals surface area contributed by atoms with E-state index in [4.69, 9.17) is 23.2 Å². The molecular weight excluding hydrogens is 307 g/mol. The Balaban J connectivity index is 2.24. The van der Waals surface area contributed by atoms with Crippen molar-refractivity contribution in [1.29, 1.82) is 0 Å². The summed E-state index contributed by atoms with van der Waals surface area (Å²) in [5, 5.41) is 4.71. The van der Waals surface area contributed by atoms with Crippen molar-refractivity contribution in [2.24, 2.45) is 0 Å². The minimum atomic E-state index is -0.418. The molecule has 0 atom stereocenters. The third kappa shape index (κ3) is 3.18. The first-order valence-electron chi connectivity index (χ1n) is 5.28. The van der Waals surface area contributed by atoms with Crippen molar-refractivity contribution in [2.45, 2.75) is 6.92 Å². The molecule has 19 heavy (non-hydrogen) atoms. The predicted molar refractivity (Wildman–Crippen MR) is 77.9 cm³/mol. The van der Waals surface area contributed by atoms with Gasteiger partial charge in [-0.1, -0.05) is 34.5 Å². The fourth-order valence-electron chi connectivity index (χ4n) is 1.38. The Morgan fingerprint density at radius 2 is 2.11 bits per heavy atom. The molecule has 0 fully saturated rings. The highest BCUT2D eigenvalue weighted by Gasteiger charge is 2.12. The quantitative estimate of drug-likeness (QED) is 0.858. The van der Waals surface area contributed by atoms with Gasteiger partial charge in [0.2, 0.25) is 0 Å². The summed E-state index contributed by atoms with van der Waals surface area (Å²) < 4.78 is 4.61. The van der Waals surface area contributed by atoms with Crippen LogP contribution in [0.15, 0.2) is 18.3 Å². The van der Waals surface area contributed by atoms with Crippen LogP contribution in [0, 0.1) is 6.92 Å². The van der Waals surface area contributed by atoms with Crippen LogP contribution in [0.1, 0.15) is 15.2 Å². The summed E-state index contributed by atoms with van der Waals surface area (Å²) in [5.41, 5.74) is 1.54. The number of aromatic nitrogens is 1. The van der Waals surface area contributed by atoms with Gasteiger partial charge in [-0.05, 0) is 24.6 Å².